The molecule has 0 bridgehead atoms. The summed E-state index contributed by atoms with van der Waals surface area (Å²) in [5.41, 5.74) is 0.913. The molecule has 1 aromatic carbocycles. The molecule has 2 rings (SSSR count). The molecule has 1 aromatic heterocycles. The third kappa shape index (κ3) is 2.32. The van der Waals surface area contributed by atoms with Crippen LogP contribution in [-0.4, -0.2) is 26.2 Å². The Morgan fingerprint density at radius 2 is 2.28 bits per heavy atom. The van der Waals surface area contributed by atoms with E-state index in [0.29, 0.717) is 11.4 Å². The predicted molar refractivity (Wildman–Crippen MR) is 65.1 cm³/mol. The Morgan fingerprint density at radius 1 is 1.50 bits per heavy atom. The summed E-state index contributed by atoms with van der Waals surface area (Å²) in [5, 5.41) is 18.9. The van der Waals surface area contributed by atoms with Gasteiger partial charge in [0.25, 0.3) is 5.91 Å². The lowest BCUT2D eigenvalue weighted by Gasteiger charge is -2.12. The van der Waals surface area contributed by atoms with Gasteiger partial charge in [-0.15, -0.1) is 0 Å². The van der Waals surface area contributed by atoms with Gasteiger partial charge in [-0.1, -0.05) is 12.1 Å². The van der Waals surface area contributed by atoms with Crippen molar-refractivity contribution in [2.75, 3.05) is 0 Å². The van der Waals surface area contributed by atoms with E-state index in [1.54, 1.807) is 32.0 Å². The Balaban J connectivity index is 2.15. The smallest absolute Gasteiger partial charge is 0.255 e. The number of nitrogens with zero attached hydrogens (tertiary/aromatic N) is 2. The number of rotatable bonds is 3. The highest BCUT2D eigenvalue weighted by Crippen LogP contribution is 2.21. The average Bonchev–Trinajstić information content (AvgIpc) is 2.86. The molecule has 0 spiro atoms. The van der Waals surface area contributed by atoms with E-state index in [4.69, 9.17) is 0 Å². The Hall–Kier alpha value is -2.37. The summed E-state index contributed by atoms with van der Waals surface area (Å²) in [6, 6.07) is 4.74. The Bertz CT molecular complexity index is 551. The standard InChI is InChI=1S/C12H14N4O2/c1-7-4-3-5-9(10(7)17)12(18)15-8(2)11-13-6-14-16-11/h3-6,8,17H,1-2H3,(H,15,18)(H,13,14,16). The van der Waals surface area contributed by atoms with Crippen molar-refractivity contribution in [2.24, 2.45) is 0 Å². The van der Waals surface area contributed by atoms with Crippen molar-refractivity contribution in [3.8, 4) is 5.75 Å². The lowest BCUT2D eigenvalue weighted by Crippen LogP contribution is -2.27. The number of hydrogen-bond donors (Lipinski definition) is 3. The monoisotopic (exact) mass is 246 g/mol. The summed E-state index contributed by atoms with van der Waals surface area (Å²) in [5.74, 6) is 0.218. The predicted octanol–water partition coefficient (Wildman–Crippen LogP) is 1.31. The highest BCUT2D eigenvalue weighted by Gasteiger charge is 2.16. The van der Waals surface area contributed by atoms with Gasteiger partial charge in [-0.25, -0.2) is 4.98 Å². The Morgan fingerprint density at radius 3 is 2.94 bits per heavy atom. The topological polar surface area (TPSA) is 90.9 Å². The molecular weight excluding hydrogens is 232 g/mol. The number of aromatic hydroxyl groups is 1. The van der Waals surface area contributed by atoms with Gasteiger partial charge in [-0.05, 0) is 25.5 Å². The summed E-state index contributed by atoms with van der Waals surface area (Å²) >= 11 is 0. The maximum absolute atomic E-state index is 12.0. The molecule has 18 heavy (non-hydrogen) atoms. The molecule has 6 heteroatoms. The lowest BCUT2D eigenvalue weighted by atomic mass is 10.1. The maximum atomic E-state index is 12.0. The molecule has 1 atom stereocenters. The number of amides is 1. The van der Waals surface area contributed by atoms with Crippen molar-refractivity contribution in [3.05, 3.63) is 41.5 Å². The van der Waals surface area contributed by atoms with Gasteiger partial charge in [0.2, 0.25) is 0 Å². The third-order valence-corrected chi connectivity index (χ3v) is 2.67. The number of hydrogen-bond acceptors (Lipinski definition) is 4. The van der Waals surface area contributed by atoms with Crippen molar-refractivity contribution in [2.45, 2.75) is 19.9 Å². The van der Waals surface area contributed by atoms with Crippen LogP contribution in [0.25, 0.3) is 0 Å². The summed E-state index contributed by atoms with van der Waals surface area (Å²) in [6.07, 6.45) is 1.38. The average molecular weight is 246 g/mol. The minimum Gasteiger partial charge on any atom is -0.507 e. The fourth-order valence-corrected chi connectivity index (χ4v) is 1.61. The number of para-hydroxylation sites is 1. The van der Waals surface area contributed by atoms with Crippen molar-refractivity contribution < 1.29 is 9.90 Å². The van der Waals surface area contributed by atoms with Gasteiger partial charge in [0.15, 0.2) is 0 Å². The number of carbonyl (C=O) groups excluding carboxylic acids is 1. The summed E-state index contributed by atoms with van der Waals surface area (Å²) in [6.45, 7) is 3.53. The number of nitrogens with one attached hydrogen (secondary N) is 2. The van der Waals surface area contributed by atoms with Crippen LogP contribution in [0.3, 0.4) is 0 Å². The molecule has 94 valence electrons. The highest BCUT2D eigenvalue weighted by atomic mass is 16.3. The van der Waals surface area contributed by atoms with Crippen molar-refractivity contribution in [1.82, 2.24) is 20.5 Å². The number of aryl methyl sites for hydroxylation is 1. The first-order valence-electron chi connectivity index (χ1n) is 5.54. The minimum absolute atomic E-state index is 0.000213. The zero-order chi connectivity index (χ0) is 13.1. The molecule has 6 nitrogen and oxygen atoms in total. The zero-order valence-electron chi connectivity index (χ0n) is 10.1. The molecule has 0 radical (unpaired) electrons. The van der Waals surface area contributed by atoms with Crippen molar-refractivity contribution in [1.29, 1.82) is 0 Å². The van der Waals surface area contributed by atoms with Crippen LogP contribution < -0.4 is 5.32 Å². The molecule has 0 saturated heterocycles. The van der Waals surface area contributed by atoms with Crippen LogP contribution in [0.2, 0.25) is 0 Å². The maximum Gasteiger partial charge on any atom is 0.255 e. The van der Waals surface area contributed by atoms with Crippen LogP contribution in [0.5, 0.6) is 5.75 Å². The fourth-order valence-electron chi connectivity index (χ4n) is 1.61. The van der Waals surface area contributed by atoms with Gasteiger partial charge in [-0.3, -0.25) is 9.89 Å². The summed E-state index contributed by atoms with van der Waals surface area (Å²) in [7, 11) is 0. The molecule has 1 heterocycles. The first-order valence-corrected chi connectivity index (χ1v) is 5.54. The molecule has 0 aliphatic rings. The van der Waals surface area contributed by atoms with Gasteiger partial charge in [0.05, 0.1) is 11.6 Å². The fraction of sp³-hybridized carbons (Fsp3) is 0.250. The van der Waals surface area contributed by atoms with E-state index in [0.717, 1.165) is 0 Å². The second-order valence-electron chi connectivity index (χ2n) is 4.04. The number of aromatic amines is 1. The number of carbonyl (C=O) groups is 1. The first kappa shape index (κ1) is 12.1. The molecule has 3 N–H and O–H groups in total. The van der Waals surface area contributed by atoms with E-state index in [9.17, 15) is 9.90 Å². The largest absolute Gasteiger partial charge is 0.507 e. The number of benzene rings is 1. The number of H-pyrrole nitrogens is 1. The van der Waals surface area contributed by atoms with Crippen LogP contribution in [0, 0.1) is 6.92 Å². The summed E-state index contributed by atoms with van der Waals surface area (Å²) < 4.78 is 0. The Kier molecular flexibility index (Phi) is 3.27. The second-order valence-corrected chi connectivity index (χ2v) is 4.04. The molecule has 0 aliphatic carbocycles. The molecule has 2 aromatic rings. The SMILES string of the molecule is Cc1cccc(C(=O)NC(C)c2ncn[nH]2)c1O. The van der Waals surface area contributed by atoms with Crippen LogP contribution in [0.4, 0.5) is 0 Å². The third-order valence-electron chi connectivity index (χ3n) is 2.67. The van der Waals surface area contributed by atoms with Gasteiger partial charge in [0.1, 0.15) is 17.9 Å². The minimum atomic E-state index is -0.347. The van der Waals surface area contributed by atoms with Crippen molar-refractivity contribution >= 4 is 5.91 Å². The molecule has 0 fully saturated rings. The molecule has 0 saturated carbocycles. The van der Waals surface area contributed by atoms with E-state index < -0.39 is 0 Å². The van der Waals surface area contributed by atoms with E-state index in [-0.39, 0.29) is 23.3 Å². The van der Waals surface area contributed by atoms with Gasteiger partial charge >= 0.3 is 0 Å². The lowest BCUT2D eigenvalue weighted by molar-refractivity contribution is 0.0935. The number of aromatic nitrogens is 3. The second kappa shape index (κ2) is 4.87. The van der Waals surface area contributed by atoms with Crippen LogP contribution in [0.15, 0.2) is 24.5 Å². The normalized spacial score (nSPS) is 12.1. The molecule has 1 unspecified atom stereocenters. The van der Waals surface area contributed by atoms with Crippen LogP contribution in [-0.2, 0) is 0 Å². The molecular formula is C12H14N4O2. The molecule has 1 amide bonds. The zero-order valence-corrected chi connectivity index (χ0v) is 10.1. The first-order chi connectivity index (χ1) is 8.59. The van der Waals surface area contributed by atoms with Gasteiger partial charge < -0.3 is 10.4 Å². The van der Waals surface area contributed by atoms with E-state index >= 15 is 0 Å². The van der Waals surface area contributed by atoms with Crippen LogP contribution >= 0.6 is 0 Å². The van der Waals surface area contributed by atoms with Gasteiger partial charge in [0, 0.05) is 0 Å². The van der Waals surface area contributed by atoms with Crippen LogP contribution in [0.1, 0.15) is 34.7 Å². The van der Waals surface area contributed by atoms with E-state index in [1.807, 2.05) is 0 Å². The van der Waals surface area contributed by atoms with Crippen molar-refractivity contribution in [3.63, 3.8) is 0 Å². The Labute approximate surface area is 104 Å². The number of phenolic OH excluding ortho intramolecular Hbond substituents is 1. The summed E-state index contributed by atoms with van der Waals surface area (Å²) in [4.78, 5) is 15.9. The number of phenols is 1. The van der Waals surface area contributed by atoms with E-state index in [1.165, 1.54) is 6.33 Å². The quantitative estimate of drug-likeness (QED) is 0.761. The van der Waals surface area contributed by atoms with E-state index in [2.05, 4.69) is 20.5 Å². The van der Waals surface area contributed by atoms with Gasteiger partial charge in [-0.2, -0.15) is 5.10 Å². The highest BCUT2D eigenvalue weighted by molar-refractivity contribution is 5.97. The molecule has 0 aliphatic heterocycles.